The summed E-state index contributed by atoms with van der Waals surface area (Å²) >= 11 is 5.96. The van der Waals surface area contributed by atoms with Crippen LogP contribution in [0.1, 0.15) is 30.6 Å². The van der Waals surface area contributed by atoms with Crippen molar-refractivity contribution in [1.29, 1.82) is 0 Å². The fourth-order valence-corrected chi connectivity index (χ4v) is 2.12. The molecule has 0 saturated heterocycles. The first kappa shape index (κ1) is 14.8. The van der Waals surface area contributed by atoms with E-state index in [1.807, 2.05) is 25.1 Å². The quantitative estimate of drug-likeness (QED) is 0.879. The molecule has 0 aliphatic carbocycles. The highest BCUT2D eigenvalue weighted by Crippen LogP contribution is 2.28. The third kappa shape index (κ3) is 3.50. The Balaban J connectivity index is 2.15. The number of rotatable bonds is 5. The molecule has 0 aromatic heterocycles. The summed E-state index contributed by atoms with van der Waals surface area (Å²) in [4.78, 5) is 0. The summed E-state index contributed by atoms with van der Waals surface area (Å²) in [5.74, 6) is 0.239. The van der Waals surface area contributed by atoms with E-state index in [-0.39, 0.29) is 12.4 Å². The lowest BCUT2D eigenvalue weighted by atomic mass is 10.1. The first-order valence-electron chi connectivity index (χ1n) is 6.45. The molecule has 2 aromatic rings. The zero-order valence-electron chi connectivity index (χ0n) is 11.1. The molecule has 0 fully saturated rings. The van der Waals surface area contributed by atoms with Crippen LogP contribution in [0.4, 0.5) is 4.39 Å². The van der Waals surface area contributed by atoms with E-state index in [9.17, 15) is 9.50 Å². The first-order valence-corrected chi connectivity index (χ1v) is 6.83. The van der Waals surface area contributed by atoms with Crippen molar-refractivity contribution >= 4 is 11.6 Å². The van der Waals surface area contributed by atoms with Crippen molar-refractivity contribution in [2.75, 3.05) is 0 Å². The van der Waals surface area contributed by atoms with Crippen molar-refractivity contribution in [3.05, 3.63) is 64.4 Å². The molecule has 20 heavy (non-hydrogen) atoms. The van der Waals surface area contributed by atoms with Crippen molar-refractivity contribution in [1.82, 2.24) is 0 Å². The van der Waals surface area contributed by atoms with Gasteiger partial charge >= 0.3 is 0 Å². The number of aliphatic hydroxyl groups is 1. The zero-order chi connectivity index (χ0) is 14.5. The smallest absolute Gasteiger partial charge is 0.125 e. The van der Waals surface area contributed by atoms with Gasteiger partial charge < -0.3 is 9.84 Å². The normalized spacial score (nSPS) is 12.2. The topological polar surface area (TPSA) is 29.5 Å². The highest BCUT2D eigenvalue weighted by atomic mass is 35.5. The highest BCUT2D eigenvalue weighted by molar-refractivity contribution is 6.31. The van der Waals surface area contributed by atoms with E-state index in [0.29, 0.717) is 22.8 Å². The summed E-state index contributed by atoms with van der Waals surface area (Å²) < 4.78 is 18.7. The predicted molar refractivity (Wildman–Crippen MR) is 77.4 cm³/mol. The number of para-hydroxylation sites is 1. The third-order valence-corrected chi connectivity index (χ3v) is 3.41. The van der Waals surface area contributed by atoms with Crippen LogP contribution in [0, 0.1) is 5.82 Å². The zero-order valence-corrected chi connectivity index (χ0v) is 11.9. The highest BCUT2D eigenvalue weighted by Gasteiger charge is 2.11. The van der Waals surface area contributed by atoms with Gasteiger partial charge in [0.1, 0.15) is 18.2 Å². The monoisotopic (exact) mass is 294 g/mol. The van der Waals surface area contributed by atoms with Gasteiger partial charge in [0.15, 0.2) is 0 Å². The number of ether oxygens (including phenoxy) is 1. The van der Waals surface area contributed by atoms with Crippen LogP contribution in [0.5, 0.6) is 5.75 Å². The van der Waals surface area contributed by atoms with E-state index in [2.05, 4.69) is 0 Å². The second-order valence-corrected chi connectivity index (χ2v) is 4.89. The van der Waals surface area contributed by atoms with Gasteiger partial charge in [0.25, 0.3) is 0 Å². The first-order chi connectivity index (χ1) is 9.61. The van der Waals surface area contributed by atoms with Crippen LogP contribution in [0.15, 0.2) is 42.5 Å². The molecule has 0 bridgehead atoms. The minimum absolute atomic E-state index is 0.229. The molecule has 0 saturated carbocycles. The van der Waals surface area contributed by atoms with E-state index < -0.39 is 6.10 Å². The summed E-state index contributed by atoms with van der Waals surface area (Å²) in [7, 11) is 0. The molecule has 0 radical (unpaired) electrons. The number of hydrogen-bond donors (Lipinski definition) is 1. The van der Waals surface area contributed by atoms with E-state index in [1.54, 1.807) is 12.1 Å². The summed E-state index contributed by atoms with van der Waals surface area (Å²) in [5.41, 5.74) is 1.45. The fraction of sp³-hybridized carbons (Fsp3) is 0.250. The largest absolute Gasteiger partial charge is 0.488 e. The number of halogens is 2. The molecule has 0 aliphatic rings. The Morgan fingerprint density at radius 2 is 2.00 bits per heavy atom. The van der Waals surface area contributed by atoms with Crippen LogP contribution in [0.3, 0.4) is 0 Å². The maximum absolute atomic E-state index is 13.0. The average Bonchev–Trinajstić information content (AvgIpc) is 2.46. The molecule has 0 spiro atoms. The molecule has 106 valence electrons. The van der Waals surface area contributed by atoms with Crippen LogP contribution >= 0.6 is 11.6 Å². The van der Waals surface area contributed by atoms with Crippen LogP contribution < -0.4 is 4.74 Å². The summed E-state index contributed by atoms with van der Waals surface area (Å²) in [6.07, 6.45) is 0.0485. The number of hydrogen-bond acceptors (Lipinski definition) is 2. The molecule has 4 heteroatoms. The Hall–Kier alpha value is -1.58. The molecule has 0 aliphatic heterocycles. The van der Waals surface area contributed by atoms with Crippen LogP contribution in [0.25, 0.3) is 0 Å². The Morgan fingerprint density at radius 3 is 2.70 bits per heavy atom. The Labute approximate surface area is 122 Å². The molecule has 0 unspecified atom stereocenters. The molecule has 2 nitrogen and oxygen atoms in total. The Morgan fingerprint density at radius 1 is 1.25 bits per heavy atom. The van der Waals surface area contributed by atoms with Gasteiger partial charge in [-0.1, -0.05) is 42.8 Å². The van der Waals surface area contributed by atoms with Gasteiger partial charge in [-0.3, -0.25) is 0 Å². The number of aliphatic hydroxyl groups excluding tert-OH is 1. The van der Waals surface area contributed by atoms with Crippen molar-refractivity contribution < 1.29 is 14.2 Å². The lowest BCUT2D eigenvalue weighted by Crippen LogP contribution is -2.02. The van der Waals surface area contributed by atoms with Gasteiger partial charge in [0, 0.05) is 11.1 Å². The predicted octanol–water partition coefficient (Wildman–Crippen LogP) is 4.50. The summed E-state index contributed by atoms with van der Waals surface area (Å²) in [6, 6.07) is 11.5. The van der Waals surface area contributed by atoms with Crippen molar-refractivity contribution in [3.63, 3.8) is 0 Å². The molecule has 0 amide bonds. The Bertz CT molecular complexity index is 586. The average molecular weight is 295 g/mol. The maximum Gasteiger partial charge on any atom is 0.125 e. The standard InChI is InChI=1S/C16H16ClFO2/c1-2-15(19)13-5-3-4-6-16(13)20-10-11-7-8-12(18)9-14(11)17/h3-9,15,19H,2,10H2,1H3/t15-/m1/s1. The molecule has 1 atom stereocenters. The van der Waals surface area contributed by atoms with Gasteiger partial charge in [0.2, 0.25) is 0 Å². The van der Waals surface area contributed by atoms with Gasteiger partial charge in [-0.05, 0) is 24.6 Å². The minimum atomic E-state index is -0.560. The molecule has 1 N–H and O–H groups in total. The second kappa shape index (κ2) is 6.73. The lowest BCUT2D eigenvalue weighted by Gasteiger charge is -2.15. The van der Waals surface area contributed by atoms with E-state index in [0.717, 1.165) is 5.56 Å². The lowest BCUT2D eigenvalue weighted by molar-refractivity contribution is 0.166. The van der Waals surface area contributed by atoms with E-state index in [4.69, 9.17) is 16.3 Å². The van der Waals surface area contributed by atoms with Gasteiger partial charge in [-0.15, -0.1) is 0 Å². The molecule has 2 rings (SSSR count). The van der Waals surface area contributed by atoms with Crippen molar-refractivity contribution in [3.8, 4) is 5.75 Å². The summed E-state index contributed by atoms with van der Waals surface area (Å²) in [5, 5.41) is 10.3. The van der Waals surface area contributed by atoms with Gasteiger partial charge in [-0.2, -0.15) is 0 Å². The molecule has 0 heterocycles. The molecular weight excluding hydrogens is 279 g/mol. The van der Waals surface area contributed by atoms with Crippen LogP contribution in [0.2, 0.25) is 5.02 Å². The van der Waals surface area contributed by atoms with Crippen LogP contribution in [-0.2, 0) is 6.61 Å². The third-order valence-electron chi connectivity index (χ3n) is 3.06. The van der Waals surface area contributed by atoms with Crippen molar-refractivity contribution in [2.24, 2.45) is 0 Å². The van der Waals surface area contributed by atoms with E-state index >= 15 is 0 Å². The van der Waals surface area contributed by atoms with Crippen LogP contribution in [-0.4, -0.2) is 5.11 Å². The minimum Gasteiger partial charge on any atom is -0.488 e. The Kier molecular flexibility index (Phi) is 4.99. The van der Waals surface area contributed by atoms with E-state index in [1.165, 1.54) is 12.1 Å². The SMILES string of the molecule is CC[C@@H](O)c1ccccc1OCc1ccc(F)cc1Cl. The van der Waals surface area contributed by atoms with Crippen molar-refractivity contribution in [2.45, 2.75) is 26.1 Å². The van der Waals surface area contributed by atoms with Gasteiger partial charge in [-0.25, -0.2) is 4.39 Å². The second-order valence-electron chi connectivity index (χ2n) is 4.49. The maximum atomic E-state index is 13.0. The number of benzene rings is 2. The summed E-state index contributed by atoms with van der Waals surface area (Å²) in [6.45, 7) is 2.13. The molecule has 2 aromatic carbocycles. The molecular formula is C16H16ClFO2. The van der Waals surface area contributed by atoms with Gasteiger partial charge in [0.05, 0.1) is 11.1 Å². The fourth-order valence-electron chi connectivity index (χ4n) is 1.90.